The molecule has 12 heteroatoms. The molecule has 1 heterocycles. The van der Waals surface area contributed by atoms with Crippen LogP contribution in [-0.2, 0) is 25.7 Å². The van der Waals surface area contributed by atoms with E-state index in [0.717, 1.165) is 4.90 Å². The Hall–Kier alpha value is -4.74. The number of benzene rings is 2. The summed E-state index contributed by atoms with van der Waals surface area (Å²) in [7, 11) is 2.83. The predicted octanol–water partition coefficient (Wildman–Crippen LogP) is 3.14. The van der Waals surface area contributed by atoms with Crippen molar-refractivity contribution in [1.29, 1.82) is 0 Å². The Kier molecular flexibility index (Phi) is 8.34. The van der Waals surface area contributed by atoms with Gasteiger partial charge in [0.25, 0.3) is 11.8 Å². The average molecular weight is 497 g/mol. The Morgan fingerprint density at radius 3 is 2.19 bits per heavy atom. The minimum atomic E-state index is -0.820. The second kappa shape index (κ2) is 11.6. The van der Waals surface area contributed by atoms with Crippen LogP contribution in [0.4, 0.5) is 16.2 Å². The third-order valence-electron chi connectivity index (χ3n) is 5.01. The summed E-state index contributed by atoms with van der Waals surface area (Å²) in [5.41, 5.74) is 0.675. The van der Waals surface area contributed by atoms with Crippen molar-refractivity contribution >= 4 is 35.3 Å². The van der Waals surface area contributed by atoms with Crippen LogP contribution in [0.5, 0.6) is 17.2 Å². The molecule has 1 atom stereocenters. The van der Waals surface area contributed by atoms with Crippen molar-refractivity contribution in [2.24, 2.45) is 5.18 Å². The number of amides is 3. The van der Waals surface area contributed by atoms with E-state index < -0.39 is 29.9 Å². The molecule has 3 rings (SSSR count). The lowest BCUT2D eigenvalue weighted by Crippen LogP contribution is -2.35. The first kappa shape index (κ1) is 25.9. The molecule has 0 aromatic heterocycles. The molecule has 0 radical (unpaired) electrons. The lowest BCUT2D eigenvalue weighted by atomic mass is 10.1. The molecule has 2 aromatic rings. The van der Waals surface area contributed by atoms with E-state index in [9.17, 15) is 24.1 Å². The van der Waals surface area contributed by atoms with Crippen molar-refractivity contribution in [3.05, 3.63) is 59.0 Å². The van der Waals surface area contributed by atoms with E-state index in [1.54, 1.807) is 6.92 Å². The number of ether oxygens (including phenoxy) is 4. The largest absolute Gasteiger partial charge is 0.493 e. The fourth-order valence-corrected chi connectivity index (χ4v) is 3.29. The molecule has 0 spiro atoms. The third kappa shape index (κ3) is 6.23. The van der Waals surface area contributed by atoms with Gasteiger partial charge in [0.2, 0.25) is 0 Å². The topological polar surface area (TPSA) is 150 Å². The molecule has 1 aliphatic heterocycles. The van der Waals surface area contributed by atoms with E-state index in [1.165, 1.54) is 62.8 Å². The number of nitrogens with one attached hydrogen (secondary N) is 1. The van der Waals surface area contributed by atoms with Crippen LogP contribution in [0.3, 0.4) is 0 Å². The van der Waals surface area contributed by atoms with Crippen LogP contribution in [0.1, 0.15) is 18.9 Å². The second-order valence-corrected chi connectivity index (χ2v) is 7.57. The van der Waals surface area contributed by atoms with Gasteiger partial charge in [-0.1, -0.05) is 0 Å². The van der Waals surface area contributed by atoms with E-state index in [4.69, 9.17) is 18.9 Å². The molecule has 1 unspecified atom stereocenters. The molecule has 0 saturated carbocycles. The zero-order valence-electron chi connectivity index (χ0n) is 19.7. The minimum Gasteiger partial charge on any atom is -0.493 e. The number of nitroso groups, excluding NO2 is 1. The Morgan fingerprint density at radius 1 is 1.00 bits per heavy atom. The molecule has 0 aliphatic carbocycles. The van der Waals surface area contributed by atoms with Crippen molar-refractivity contribution in [3.8, 4) is 17.2 Å². The maximum atomic E-state index is 12.2. The highest BCUT2D eigenvalue weighted by Gasteiger charge is 2.25. The first-order chi connectivity index (χ1) is 17.2. The van der Waals surface area contributed by atoms with Crippen LogP contribution in [0, 0.1) is 4.91 Å². The first-order valence-electron chi connectivity index (χ1n) is 10.6. The molecule has 3 amide bonds. The van der Waals surface area contributed by atoms with E-state index in [1.807, 2.05) is 0 Å². The Labute approximate surface area is 205 Å². The van der Waals surface area contributed by atoms with Gasteiger partial charge in [-0.15, -0.1) is 4.91 Å². The van der Waals surface area contributed by atoms with Crippen molar-refractivity contribution in [2.45, 2.75) is 26.0 Å². The first-order valence-corrected chi connectivity index (χ1v) is 10.6. The summed E-state index contributed by atoms with van der Waals surface area (Å²) in [5.74, 6) is -0.700. The standard InChI is InChI=1S/C24H23N3O9/c1-14(25-24(31)35-13-15-11-19(33-2)20(34-3)12-18(15)26-32)10-23(30)36-17-6-4-16(5-7-17)27-21(28)8-9-22(27)29/h4-9,11-12,14H,10,13H2,1-3H3,(H,25,31). The van der Waals surface area contributed by atoms with Gasteiger partial charge in [-0.2, -0.15) is 0 Å². The SMILES string of the molecule is COc1cc(COC(=O)NC(C)CC(=O)Oc2ccc(N3C(=O)C=CC3=O)cc2)c(N=O)cc1OC. The molecule has 0 saturated heterocycles. The molecule has 0 fully saturated rings. The summed E-state index contributed by atoms with van der Waals surface area (Å²) in [4.78, 5) is 59.9. The summed E-state index contributed by atoms with van der Waals surface area (Å²) >= 11 is 0. The summed E-state index contributed by atoms with van der Waals surface area (Å²) < 4.78 is 20.6. The maximum absolute atomic E-state index is 12.2. The molecule has 2 aromatic carbocycles. The number of carbonyl (C=O) groups excluding carboxylic acids is 4. The van der Waals surface area contributed by atoms with E-state index >= 15 is 0 Å². The molecule has 12 nitrogen and oxygen atoms in total. The average Bonchev–Trinajstić information content (AvgIpc) is 3.20. The fourth-order valence-electron chi connectivity index (χ4n) is 3.29. The van der Waals surface area contributed by atoms with Crippen molar-refractivity contribution in [2.75, 3.05) is 19.1 Å². The van der Waals surface area contributed by atoms with Crippen molar-refractivity contribution < 1.29 is 38.1 Å². The summed E-state index contributed by atoms with van der Waals surface area (Å²) in [6.45, 7) is 1.31. The van der Waals surface area contributed by atoms with Gasteiger partial charge in [0, 0.05) is 29.8 Å². The number of nitrogens with zero attached hydrogens (tertiary/aromatic N) is 2. The van der Waals surface area contributed by atoms with Crippen molar-refractivity contribution in [1.82, 2.24) is 5.32 Å². The van der Waals surface area contributed by atoms with Crippen molar-refractivity contribution in [3.63, 3.8) is 0 Å². The van der Waals surface area contributed by atoms with Crippen LogP contribution in [0.25, 0.3) is 0 Å². The van der Waals surface area contributed by atoms with Crippen LogP contribution in [0.15, 0.2) is 53.7 Å². The fraction of sp³-hybridized carbons (Fsp3) is 0.250. The van der Waals surface area contributed by atoms with Gasteiger partial charge >= 0.3 is 12.1 Å². The molecular formula is C24H23N3O9. The molecule has 36 heavy (non-hydrogen) atoms. The number of esters is 1. The van der Waals surface area contributed by atoms with E-state index in [2.05, 4.69) is 10.5 Å². The smallest absolute Gasteiger partial charge is 0.407 e. The number of methoxy groups -OCH3 is 2. The van der Waals surface area contributed by atoms with Gasteiger partial charge in [0.15, 0.2) is 11.5 Å². The predicted molar refractivity (Wildman–Crippen MR) is 126 cm³/mol. The highest BCUT2D eigenvalue weighted by Crippen LogP contribution is 2.35. The zero-order chi connectivity index (χ0) is 26.2. The van der Waals surface area contributed by atoms with Crippen LogP contribution >= 0.6 is 0 Å². The number of hydrogen-bond acceptors (Lipinski definition) is 10. The Morgan fingerprint density at radius 2 is 1.61 bits per heavy atom. The molecular weight excluding hydrogens is 474 g/mol. The number of imide groups is 1. The molecule has 0 bridgehead atoms. The quantitative estimate of drug-likeness (QED) is 0.226. The minimum absolute atomic E-state index is 0.0258. The molecule has 1 N–H and O–H groups in total. The number of rotatable bonds is 10. The number of alkyl carbamates (subject to hydrolysis) is 1. The third-order valence-corrected chi connectivity index (χ3v) is 5.01. The van der Waals surface area contributed by atoms with Gasteiger partial charge in [0.05, 0.1) is 26.3 Å². The van der Waals surface area contributed by atoms with Crippen LogP contribution < -0.4 is 24.4 Å². The number of hydrogen-bond donors (Lipinski definition) is 1. The summed E-state index contributed by atoms with van der Waals surface area (Å²) in [6.07, 6.45) is 1.35. The molecule has 188 valence electrons. The number of carbonyl (C=O) groups is 4. The Bertz CT molecular complexity index is 1190. The lowest BCUT2D eigenvalue weighted by molar-refractivity contribution is -0.134. The molecule has 1 aliphatic rings. The highest BCUT2D eigenvalue weighted by atomic mass is 16.6. The Balaban J connectivity index is 1.49. The van der Waals surface area contributed by atoms with Gasteiger partial charge in [-0.25, -0.2) is 9.69 Å². The van der Waals surface area contributed by atoms with Crippen LogP contribution in [-0.4, -0.2) is 44.1 Å². The summed E-state index contributed by atoms with van der Waals surface area (Å²) in [6, 6.07) is 8.04. The van der Waals surface area contributed by atoms with E-state index in [-0.39, 0.29) is 24.5 Å². The van der Waals surface area contributed by atoms with Crippen LogP contribution in [0.2, 0.25) is 0 Å². The van der Waals surface area contributed by atoms with E-state index in [0.29, 0.717) is 22.7 Å². The van der Waals surface area contributed by atoms with Gasteiger partial charge in [-0.05, 0) is 42.4 Å². The number of anilines is 1. The van der Waals surface area contributed by atoms with Gasteiger partial charge < -0.3 is 24.3 Å². The zero-order valence-corrected chi connectivity index (χ0v) is 19.7. The van der Waals surface area contributed by atoms with Gasteiger partial charge in [-0.3, -0.25) is 14.4 Å². The summed E-state index contributed by atoms with van der Waals surface area (Å²) in [5, 5.41) is 5.41. The second-order valence-electron chi connectivity index (χ2n) is 7.57. The monoisotopic (exact) mass is 497 g/mol. The lowest BCUT2D eigenvalue weighted by Gasteiger charge is -2.15. The van der Waals surface area contributed by atoms with Gasteiger partial charge in [0.1, 0.15) is 18.0 Å². The maximum Gasteiger partial charge on any atom is 0.407 e. The highest BCUT2D eigenvalue weighted by molar-refractivity contribution is 6.28. The normalized spacial score (nSPS) is 13.2.